The van der Waals surface area contributed by atoms with E-state index in [1.165, 1.54) is 16.8 Å². The van der Waals surface area contributed by atoms with E-state index in [0.717, 1.165) is 10.5 Å². The number of rotatable bonds is 4. The quantitative estimate of drug-likeness (QED) is 0.907. The maximum absolute atomic E-state index is 12.5. The van der Waals surface area contributed by atoms with Crippen molar-refractivity contribution in [2.45, 2.75) is 26.8 Å². The second-order valence-corrected chi connectivity index (χ2v) is 5.28. The van der Waals surface area contributed by atoms with E-state index in [-0.39, 0.29) is 11.6 Å². The number of aryl methyl sites for hydroxylation is 1. The van der Waals surface area contributed by atoms with Gasteiger partial charge in [-0.2, -0.15) is 0 Å². The summed E-state index contributed by atoms with van der Waals surface area (Å²) in [5, 5.41) is 8.91. The summed E-state index contributed by atoms with van der Waals surface area (Å²) in [6.45, 7) is 4.73. The minimum absolute atomic E-state index is 0.141. The molecule has 0 aromatic carbocycles. The van der Waals surface area contributed by atoms with E-state index in [0.29, 0.717) is 5.65 Å². The fourth-order valence-corrected chi connectivity index (χ4v) is 2.18. The van der Waals surface area contributed by atoms with Gasteiger partial charge in [0, 0.05) is 18.4 Å². The molecule has 2 rings (SSSR count). The van der Waals surface area contributed by atoms with Gasteiger partial charge in [0.15, 0.2) is 0 Å². The van der Waals surface area contributed by atoms with E-state index in [9.17, 15) is 14.4 Å². The SMILES string of the molecule is Cc1cccn2c(=O)c(C(=O)N(CC(=O)O)C(C)C)cnc12. The zero-order valence-electron chi connectivity index (χ0n) is 12.6. The molecule has 2 aromatic heterocycles. The third-order valence-electron chi connectivity index (χ3n) is 3.35. The van der Waals surface area contributed by atoms with Crippen LogP contribution in [0.15, 0.2) is 29.3 Å². The highest BCUT2D eigenvalue weighted by Crippen LogP contribution is 2.08. The summed E-state index contributed by atoms with van der Waals surface area (Å²) >= 11 is 0. The predicted molar refractivity (Wildman–Crippen MR) is 80.0 cm³/mol. The first-order chi connectivity index (χ1) is 10.3. The smallest absolute Gasteiger partial charge is 0.323 e. The molecule has 7 nitrogen and oxygen atoms in total. The van der Waals surface area contributed by atoms with Crippen molar-refractivity contribution in [3.8, 4) is 0 Å². The van der Waals surface area contributed by atoms with Crippen LogP contribution in [-0.2, 0) is 4.79 Å². The Hall–Kier alpha value is -2.70. The molecule has 1 N–H and O–H groups in total. The maximum atomic E-state index is 12.5. The molecule has 0 fully saturated rings. The minimum atomic E-state index is -1.13. The van der Waals surface area contributed by atoms with Crippen molar-refractivity contribution in [3.63, 3.8) is 0 Å². The number of carbonyl (C=O) groups excluding carboxylic acids is 1. The molecular formula is C15H17N3O4. The first-order valence-corrected chi connectivity index (χ1v) is 6.82. The van der Waals surface area contributed by atoms with Gasteiger partial charge in [-0.25, -0.2) is 4.98 Å². The van der Waals surface area contributed by atoms with Gasteiger partial charge in [0.25, 0.3) is 11.5 Å². The molecule has 0 bridgehead atoms. The second kappa shape index (κ2) is 5.97. The van der Waals surface area contributed by atoms with Crippen molar-refractivity contribution in [1.29, 1.82) is 0 Å². The minimum Gasteiger partial charge on any atom is -0.480 e. The van der Waals surface area contributed by atoms with E-state index < -0.39 is 24.0 Å². The van der Waals surface area contributed by atoms with Crippen LogP contribution >= 0.6 is 0 Å². The number of hydrogen-bond donors (Lipinski definition) is 1. The fraction of sp³-hybridized carbons (Fsp3) is 0.333. The lowest BCUT2D eigenvalue weighted by Crippen LogP contribution is -2.43. The van der Waals surface area contributed by atoms with Gasteiger partial charge in [-0.05, 0) is 32.4 Å². The highest BCUT2D eigenvalue weighted by atomic mass is 16.4. The molecule has 0 saturated carbocycles. The van der Waals surface area contributed by atoms with Crippen LogP contribution in [0.25, 0.3) is 5.65 Å². The molecule has 2 heterocycles. The Kier molecular flexibility index (Phi) is 4.25. The summed E-state index contributed by atoms with van der Waals surface area (Å²) in [7, 11) is 0. The zero-order valence-corrected chi connectivity index (χ0v) is 12.6. The van der Waals surface area contributed by atoms with Gasteiger partial charge in [-0.15, -0.1) is 0 Å². The molecular weight excluding hydrogens is 286 g/mol. The first-order valence-electron chi connectivity index (χ1n) is 6.82. The highest BCUT2D eigenvalue weighted by Gasteiger charge is 2.24. The standard InChI is InChI=1S/C15H17N3O4/c1-9(2)18(8-12(19)20)15(22)11-7-16-13-10(3)5-4-6-17(13)14(11)21/h4-7,9H,8H2,1-3H3,(H,19,20). The maximum Gasteiger partial charge on any atom is 0.323 e. The van der Waals surface area contributed by atoms with Gasteiger partial charge in [-0.3, -0.25) is 18.8 Å². The van der Waals surface area contributed by atoms with E-state index >= 15 is 0 Å². The van der Waals surface area contributed by atoms with Crippen LogP contribution in [0.4, 0.5) is 0 Å². The molecule has 22 heavy (non-hydrogen) atoms. The molecule has 0 radical (unpaired) electrons. The lowest BCUT2D eigenvalue weighted by atomic mass is 10.2. The van der Waals surface area contributed by atoms with Gasteiger partial charge >= 0.3 is 5.97 Å². The summed E-state index contributed by atoms with van der Waals surface area (Å²) in [6.07, 6.45) is 2.75. The second-order valence-electron chi connectivity index (χ2n) is 5.28. The molecule has 0 spiro atoms. The van der Waals surface area contributed by atoms with Crippen LogP contribution in [0, 0.1) is 6.92 Å². The molecule has 0 atom stereocenters. The molecule has 1 amide bonds. The van der Waals surface area contributed by atoms with Crippen LogP contribution in [0.1, 0.15) is 29.8 Å². The number of carboxylic acid groups (broad SMARTS) is 1. The number of hydrogen-bond acceptors (Lipinski definition) is 4. The Morgan fingerprint density at radius 3 is 2.68 bits per heavy atom. The van der Waals surface area contributed by atoms with Crippen molar-refractivity contribution in [1.82, 2.24) is 14.3 Å². The van der Waals surface area contributed by atoms with Crippen LogP contribution in [-0.4, -0.2) is 43.9 Å². The number of aromatic nitrogens is 2. The van der Waals surface area contributed by atoms with Crippen LogP contribution in [0.5, 0.6) is 0 Å². The summed E-state index contributed by atoms with van der Waals surface area (Å²) in [4.78, 5) is 41.1. The number of carboxylic acids is 1. The Morgan fingerprint density at radius 1 is 1.41 bits per heavy atom. The van der Waals surface area contributed by atoms with E-state index in [4.69, 9.17) is 5.11 Å². The number of carbonyl (C=O) groups is 2. The Morgan fingerprint density at radius 2 is 2.09 bits per heavy atom. The molecule has 2 aromatic rings. The average molecular weight is 303 g/mol. The van der Waals surface area contributed by atoms with Crippen molar-refractivity contribution in [3.05, 3.63) is 46.0 Å². The molecule has 116 valence electrons. The summed E-state index contributed by atoms with van der Waals surface area (Å²) < 4.78 is 1.29. The summed E-state index contributed by atoms with van der Waals surface area (Å²) in [5.41, 5.74) is 0.635. The monoisotopic (exact) mass is 303 g/mol. The number of nitrogens with zero attached hydrogens (tertiary/aromatic N) is 3. The third-order valence-corrected chi connectivity index (χ3v) is 3.35. The van der Waals surface area contributed by atoms with Gasteiger partial charge in [0.05, 0.1) is 0 Å². The largest absolute Gasteiger partial charge is 0.480 e. The zero-order chi connectivity index (χ0) is 16.4. The number of pyridine rings is 1. The summed E-state index contributed by atoms with van der Waals surface area (Å²) in [6, 6.07) is 3.16. The van der Waals surface area contributed by atoms with E-state index in [2.05, 4.69) is 4.98 Å². The number of fused-ring (bicyclic) bond motifs is 1. The first kappa shape index (κ1) is 15.7. The predicted octanol–water partition coefficient (Wildman–Crippen LogP) is 0.938. The van der Waals surface area contributed by atoms with Crippen LogP contribution < -0.4 is 5.56 Å². The van der Waals surface area contributed by atoms with Crippen LogP contribution in [0.2, 0.25) is 0 Å². The molecule has 0 saturated heterocycles. The van der Waals surface area contributed by atoms with Crippen LogP contribution in [0.3, 0.4) is 0 Å². The molecule has 0 aliphatic carbocycles. The topological polar surface area (TPSA) is 92.0 Å². The molecule has 0 aliphatic rings. The van der Waals surface area contributed by atoms with Crippen molar-refractivity contribution in [2.75, 3.05) is 6.54 Å². The average Bonchev–Trinajstić information content (AvgIpc) is 2.45. The molecule has 7 heteroatoms. The van der Waals surface area contributed by atoms with Crippen molar-refractivity contribution in [2.24, 2.45) is 0 Å². The Labute approximate surface area is 126 Å². The lowest BCUT2D eigenvalue weighted by molar-refractivity contribution is -0.138. The van der Waals surface area contributed by atoms with Gasteiger partial charge in [0.1, 0.15) is 17.8 Å². The third kappa shape index (κ3) is 2.83. The van der Waals surface area contributed by atoms with E-state index in [1.807, 2.05) is 13.0 Å². The normalized spacial score (nSPS) is 10.9. The van der Waals surface area contributed by atoms with Crippen molar-refractivity contribution >= 4 is 17.5 Å². The number of aliphatic carboxylic acids is 1. The molecule has 0 aliphatic heterocycles. The molecule has 0 unspecified atom stereocenters. The lowest BCUT2D eigenvalue weighted by Gasteiger charge is -2.24. The van der Waals surface area contributed by atoms with E-state index in [1.54, 1.807) is 19.9 Å². The highest BCUT2D eigenvalue weighted by molar-refractivity contribution is 5.95. The summed E-state index contributed by atoms with van der Waals surface area (Å²) in [5.74, 6) is -1.77. The van der Waals surface area contributed by atoms with Gasteiger partial charge < -0.3 is 10.0 Å². The van der Waals surface area contributed by atoms with Crippen molar-refractivity contribution < 1.29 is 14.7 Å². The van der Waals surface area contributed by atoms with Gasteiger partial charge in [0.2, 0.25) is 0 Å². The Balaban J connectivity index is 2.54. The fourth-order valence-electron chi connectivity index (χ4n) is 2.18. The Bertz CT molecular complexity index is 795. The number of amides is 1. The van der Waals surface area contributed by atoms with Gasteiger partial charge in [-0.1, -0.05) is 6.07 Å².